The summed E-state index contributed by atoms with van der Waals surface area (Å²) in [5.41, 5.74) is 5.58. The molecule has 0 unspecified atom stereocenters. The Bertz CT molecular complexity index is 658. The molecule has 1 amide bonds. The molecule has 0 spiro atoms. The van der Waals surface area contributed by atoms with Crippen molar-refractivity contribution < 1.29 is 4.79 Å². The second kappa shape index (κ2) is 4.67. The molecule has 0 N–H and O–H groups in total. The van der Waals surface area contributed by atoms with Crippen molar-refractivity contribution in [2.24, 2.45) is 0 Å². The number of carbonyl (C=O) groups excluding carboxylic acids is 1. The molecular formula is C17H18N2O. The SMILES string of the molecule is Cc1cccc(C)c1N1CC(=O)N(C)c2ccccc21. The first-order valence-corrected chi connectivity index (χ1v) is 6.79. The molecule has 2 aromatic rings. The number of carbonyl (C=O) groups is 1. The molecular weight excluding hydrogens is 248 g/mol. The molecule has 3 nitrogen and oxygen atoms in total. The van der Waals surface area contributed by atoms with Crippen LogP contribution in [-0.2, 0) is 4.79 Å². The van der Waals surface area contributed by atoms with Crippen LogP contribution >= 0.6 is 0 Å². The second-order valence-electron chi connectivity index (χ2n) is 5.27. The van der Waals surface area contributed by atoms with Crippen LogP contribution in [0.1, 0.15) is 11.1 Å². The third kappa shape index (κ3) is 1.86. The number of fused-ring (bicyclic) bond motifs is 1. The topological polar surface area (TPSA) is 23.6 Å². The Morgan fingerprint density at radius 1 is 0.900 bits per heavy atom. The van der Waals surface area contributed by atoms with E-state index in [1.54, 1.807) is 4.90 Å². The van der Waals surface area contributed by atoms with Crippen LogP contribution in [0.5, 0.6) is 0 Å². The normalized spacial score (nSPS) is 14.4. The molecule has 2 aromatic carbocycles. The quantitative estimate of drug-likeness (QED) is 0.789. The summed E-state index contributed by atoms with van der Waals surface area (Å²) in [5, 5.41) is 0. The van der Waals surface area contributed by atoms with Crippen LogP contribution in [0.15, 0.2) is 42.5 Å². The molecule has 0 saturated heterocycles. The molecule has 1 aliphatic rings. The van der Waals surface area contributed by atoms with Gasteiger partial charge in [0.1, 0.15) is 6.54 Å². The van der Waals surface area contributed by atoms with Gasteiger partial charge in [0.05, 0.1) is 11.4 Å². The highest BCUT2D eigenvalue weighted by Crippen LogP contribution is 2.39. The highest BCUT2D eigenvalue weighted by Gasteiger charge is 2.28. The molecule has 0 radical (unpaired) electrons. The number of anilines is 3. The molecule has 1 heterocycles. The summed E-state index contributed by atoms with van der Waals surface area (Å²) >= 11 is 0. The van der Waals surface area contributed by atoms with Crippen LogP contribution in [0.4, 0.5) is 17.1 Å². The summed E-state index contributed by atoms with van der Waals surface area (Å²) in [6, 6.07) is 14.3. The maximum Gasteiger partial charge on any atom is 0.246 e. The van der Waals surface area contributed by atoms with Gasteiger partial charge in [0.25, 0.3) is 0 Å². The number of nitrogens with zero attached hydrogens (tertiary/aromatic N) is 2. The second-order valence-corrected chi connectivity index (χ2v) is 5.27. The van der Waals surface area contributed by atoms with Crippen LogP contribution in [0.3, 0.4) is 0 Å². The van der Waals surface area contributed by atoms with E-state index in [4.69, 9.17) is 0 Å². The first-order valence-electron chi connectivity index (χ1n) is 6.79. The van der Waals surface area contributed by atoms with E-state index in [1.165, 1.54) is 11.1 Å². The first kappa shape index (κ1) is 12.7. The van der Waals surface area contributed by atoms with E-state index >= 15 is 0 Å². The minimum atomic E-state index is 0.117. The average molecular weight is 266 g/mol. The largest absolute Gasteiger partial charge is 0.330 e. The van der Waals surface area contributed by atoms with Crippen molar-refractivity contribution in [1.82, 2.24) is 0 Å². The summed E-state index contributed by atoms with van der Waals surface area (Å²) in [4.78, 5) is 16.1. The van der Waals surface area contributed by atoms with Crippen molar-refractivity contribution >= 4 is 23.0 Å². The summed E-state index contributed by atoms with van der Waals surface area (Å²) in [6.07, 6.45) is 0. The molecule has 102 valence electrons. The minimum Gasteiger partial charge on any atom is -0.330 e. The lowest BCUT2D eigenvalue weighted by Gasteiger charge is -2.37. The lowest BCUT2D eigenvalue weighted by molar-refractivity contribution is -0.117. The smallest absolute Gasteiger partial charge is 0.246 e. The van der Waals surface area contributed by atoms with Crippen molar-refractivity contribution in [1.29, 1.82) is 0 Å². The number of hydrogen-bond acceptors (Lipinski definition) is 2. The van der Waals surface area contributed by atoms with Gasteiger partial charge in [0.2, 0.25) is 5.91 Å². The number of hydrogen-bond donors (Lipinski definition) is 0. The lowest BCUT2D eigenvalue weighted by atomic mass is 10.0. The van der Waals surface area contributed by atoms with E-state index in [-0.39, 0.29) is 5.91 Å². The van der Waals surface area contributed by atoms with Crippen LogP contribution in [0, 0.1) is 13.8 Å². The summed E-state index contributed by atoms with van der Waals surface area (Å²) in [5.74, 6) is 0.117. The predicted molar refractivity (Wildman–Crippen MR) is 82.8 cm³/mol. The van der Waals surface area contributed by atoms with Crippen molar-refractivity contribution in [3.63, 3.8) is 0 Å². The summed E-state index contributed by atoms with van der Waals surface area (Å²) in [7, 11) is 1.84. The Labute approximate surface area is 119 Å². The van der Waals surface area contributed by atoms with Crippen LogP contribution in [0.25, 0.3) is 0 Å². The fourth-order valence-corrected chi connectivity index (χ4v) is 2.87. The molecule has 1 aliphatic heterocycles. The Hall–Kier alpha value is -2.29. The third-order valence-corrected chi connectivity index (χ3v) is 3.91. The minimum absolute atomic E-state index is 0.117. The maximum atomic E-state index is 12.2. The Kier molecular flexibility index (Phi) is 2.97. The van der Waals surface area contributed by atoms with Crippen molar-refractivity contribution in [3.05, 3.63) is 53.6 Å². The summed E-state index contributed by atoms with van der Waals surface area (Å²) < 4.78 is 0. The number of para-hydroxylation sites is 3. The van der Waals surface area contributed by atoms with E-state index in [2.05, 4.69) is 43.0 Å². The number of likely N-dealkylation sites (N-methyl/N-ethyl adjacent to an activating group) is 1. The van der Waals surface area contributed by atoms with Crippen molar-refractivity contribution in [3.8, 4) is 0 Å². The van der Waals surface area contributed by atoms with E-state index in [1.807, 2.05) is 25.2 Å². The van der Waals surface area contributed by atoms with E-state index in [9.17, 15) is 4.79 Å². The Morgan fingerprint density at radius 2 is 1.50 bits per heavy atom. The highest BCUT2D eigenvalue weighted by atomic mass is 16.2. The first-order chi connectivity index (χ1) is 9.59. The lowest BCUT2D eigenvalue weighted by Crippen LogP contribution is -2.42. The number of benzene rings is 2. The zero-order chi connectivity index (χ0) is 14.3. The fourth-order valence-electron chi connectivity index (χ4n) is 2.87. The molecule has 0 bridgehead atoms. The van der Waals surface area contributed by atoms with E-state index in [0.29, 0.717) is 6.54 Å². The van der Waals surface area contributed by atoms with Gasteiger partial charge in [-0.15, -0.1) is 0 Å². The Balaban J connectivity index is 2.20. The molecule has 0 aliphatic carbocycles. The standard InChI is InChI=1S/C17H18N2O/c1-12-7-6-8-13(2)17(12)19-11-16(20)18(3)14-9-4-5-10-15(14)19/h4-10H,11H2,1-3H3. The van der Waals surface area contributed by atoms with Gasteiger partial charge in [0.15, 0.2) is 0 Å². The fraction of sp³-hybridized carbons (Fsp3) is 0.235. The molecule has 0 saturated carbocycles. The van der Waals surface area contributed by atoms with Crippen molar-refractivity contribution in [2.45, 2.75) is 13.8 Å². The van der Waals surface area contributed by atoms with E-state index < -0.39 is 0 Å². The Morgan fingerprint density at radius 3 is 2.15 bits per heavy atom. The highest BCUT2D eigenvalue weighted by molar-refractivity contribution is 6.05. The van der Waals surface area contributed by atoms with Crippen LogP contribution < -0.4 is 9.80 Å². The molecule has 0 fully saturated rings. The number of amides is 1. The van der Waals surface area contributed by atoms with Gasteiger partial charge >= 0.3 is 0 Å². The monoisotopic (exact) mass is 266 g/mol. The molecule has 3 heteroatoms. The van der Waals surface area contributed by atoms with Gasteiger partial charge in [-0.3, -0.25) is 4.79 Å². The number of aryl methyl sites for hydroxylation is 2. The van der Waals surface area contributed by atoms with Gasteiger partial charge in [0, 0.05) is 12.7 Å². The van der Waals surface area contributed by atoms with Gasteiger partial charge < -0.3 is 9.80 Å². The zero-order valence-corrected chi connectivity index (χ0v) is 12.1. The van der Waals surface area contributed by atoms with Crippen LogP contribution in [0.2, 0.25) is 0 Å². The third-order valence-electron chi connectivity index (χ3n) is 3.91. The van der Waals surface area contributed by atoms with Gasteiger partial charge in [-0.1, -0.05) is 30.3 Å². The number of rotatable bonds is 1. The van der Waals surface area contributed by atoms with Crippen molar-refractivity contribution in [2.75, 3.05) is 23.4 Å². The van der Waals surface area contributed by atoms with E-state index in [0.717, 1.165) is 17.1 Å². The average Bonchev–Trinajstić information content (AvgIpc) is 2.44. The zero-order valence-electron chi connectivity index (χ0n) is 12.1. The molecule has 0 aromatic heterocycles. The summed E-state index contributed by atoms with van der Waals surface area (Å²) in [6.45, 7) is 4.57. The predicted octanol–water partition coefficient (Wildman–Crippen LogP) is 3.42. The molecule has 0 atom stereocenters. The van der Waals surface area contributed by atoms with Gasteiger partial charge in [-0.25, -0.2) is 0 Å². The molecule has 3 rings (SSSR count). The van der Waals surface area contributed by atoms with Gasteiger partial charge in [-0.2, -0.15) is 0 Å². The van der Waals surface area contributed by atoms with Crippen LogP contribution in [-0.4, -0.2) is 19.5 Å². The van der Waals surface area contributed by atoms with Gasteiger partial charge in [-0.05, 0) is 37.1 Å². The molecule has 20 heavy (non-hydrogen) atoms. The maximum absolute atomic E-state index is 12.2.